The lowest BCUT2D eigenvalue weighted by atomic mass is 10.6. The van der Waals surface area contributed by atoms with Crippen molar-refractivity contribution in [3.05, 3.63) is 30.0 Å². The first kappa shape index (κ1) is 13.1. The number of hydrogen-bond donors (Lipinski definition) is 2. The molecule has 0 saturated heterocycles. The molecule has 0 aliphatic carbocycles. The first-order chi connectivity index (χ1) is 9.58. The number of nitrogens with zero attached hydrogens (tertiary/aromatic N) is 4. The largest absolute Gasteiger partial charge is 0.381 e. The van der Waals surface area contributed by atoms with Gasteiger partial charge in [0.25, 0.3) is 10.0 Å². The number of hydrogen-bond acceptors (Lipinski definition) is 6. The van der Waals surface area contributed by atoms with Crippen molar-refractivity contribution < 1.29 is 8.42 Å². The molecule has 3 heterocycles. The summed E-state index contributed by atoms with van der Waals surface area (Å²) in [5.41, 5.74) is 5.69. The van der Waals surface area contributed by atoms with Crippen molar-refractivity contribution >= 4 is 32.1 Å². The standard InChI is InChI=1S/C10H12N6O2S2/c11-8-9(16-6-7-19-10(16)14-8)20(17,18)13-3-5-15-4-1-2-12-15/h1-2,4,6-7,13H,3,5,11H2. The van der Waals surface area contributed by atoms with Crippen LogP contribution in [0.4, 0.5) is 5.82 Å². The Morgan fingerprint density at radius 3 is 3.00 bits per heavy atom. The van der Waals surface area contributed by atoms with E-state index < -0.39 is 10.0 Å². The van der Waals surface area contributed by atoms with Crippen LogP contribution < -0.4 is 10.5 Å². The van der Waals surface area contributed by atoms with Crippen LogP contribution in [-0.4, -0.2) is 34.1 Å². The topological polar surface area (TPSA) is 107 Å². The fraction of sp³-hybridized carbons (Fsp3) is 0.200. The Bertz CT molecular complexity index is 817. The second kappa shape index (κ2) is 4.89. The highest BCUT2D eigenvalue weighted by Gasteiger charge is 2.23. The zero-order valence-corrected chi connectivity index (χ0v) is 11.9. The van der Waals surface area contributed by atoms with Crippen LogP contribution in [0.3, 0.4) is 0 Å². The number of anilines is 1. The van der Waals surface area contributed by atoms with E-state index in [2.05, 4.69) is 14.8 Å². The molecule has 0 fully saturated rings. The smallest absolute Gasteiger partial charge is 0.260 e. The zero-order valence-electron chi connectivity index (χ0n) is 10.3. The molecular formula is C10H12N6O2S2. The van der Waals surface area contributed by atoms with Gasteiger partial charge in [-0.2, -0.15) is 5.10 Å². The van der Waals surface area contributed by atoms with Crippen molar-refractivity contribution in [2.24, 2.45) is 0 Å². The molecule has 0 spiro atoms. The molecule has 0 saturated carbocycles. The lowest BCUT2D eigenvalue weighted by Crippen LogP contribution is -2.29. The van der Waals surface area contributed by atoms with Crippen molar-refractivity contribution in [2.45, 2.75) is 11.6 Å². The Morgan fingerprint density at radius 2 is 2.25 bits per heavy atom. The van der Waals surface area contributed by atoms with Crippen molar-refractivity contribution in [3.8, 4) is 0 Å². The summed E-state index contributed by atoms with van der Waals surface area (Å²) in [6.45, 7) is 0.665. The summed E-state index contributed by atoms with van der Waals surface area (Å²) in [7, 11) is -3.71. The second-order valence-electron chi connectivity index (χ2n) is 4.02. The van der Waals surface area contributed by atoms with Gasteiger partial charge in [-0.3, -0.25) is 9.08 Å². The lowest BCUT2D eigenvalue weighted by molar-refractivity contribution is 0.557. The molecule has 106 valence electrons. The number of nitrogens with one attached hydrogen (secondary N) is 1. The minimum Gasteiger partial charge on any atom is -0.381 e. The molecule has 0 aromatic carbocycles. The molecule has 0 aliphatic heterocycles. The Balaban J connectivity index is 1.81. The van der Waals surface area contributed by atoms with Gasteiger partial charge >= 0.3 is 0 Å². The van der Waals surface area contributed by atoms with Gasteiger partial charge in [-0.15, -0.1) is 11.3 Å². The predicted molar refractivity (Wildman–Crippen MR) is 74.9 cm³/mol. The number of aromatic nitrogens is 4. The summed E-state index contributed by atoms with van der Waals surface area (Å²) >= 11 is 1.33. The van der Waals surface area contributed by atoms with Gasteiger partial charge in [-0.25, -0.2) is 18.1 Å². The molecule has 8 nitrogen and oxygen atoms in total. The van der Waals surface area contributed by atoms with E-state index in [1.807, 2.05) is 0 Å². The third-order valence-electron chi connectivity index (χ3n) is 2.69. The molecule has 3 aromatic rings. The fourth-order valence-corrected chi connectivity index (χ4v) is 3.85. The molecule has 3 aromatic heterocycles. The molecule has 0 amide bonds. The summed E-state index contributed by atoms with van der Waals surface area (Å²) < 4.78 is 30.2. The maximum atomic E-state index is 12.3. The minimum atomic E-state index is -3.71. The highest BCUT2D eigenvalue weighted by atomic mass is 32.2. The Hall–Kier alpha value is -1.91. The van der Waals surface area contributed by atoms with E-state index in [-0.39, 0.29) is 17.4 Å². The number of fused-ring (bicyclic) bond motifs is 1. The average Bonchev–Trinajstić information content (AvgIpc) is 3.04. The van der Waals surface area contributed by atoms with Crippen molar-refractivity contribution in [1.82, 2.24) is 23.9 Å². The normalized spacial score (nSPS) is 12.2. The van der Waals surface area contributed by atoms with Crippen LogP contribution in [0.5, 0.6) is 0 Å². The molecule has 3 rings (SSSR count). The molecule has 20 heavy (non-hydrogen) atoms. The predicted octanol–water partition coefficient (Wildman–Crippen LogP) is 0.153. The van der Waals surface area contributed by atoms with Crippen molar-refractivity contribution in [3.63, 3.8) is 0 Å². The lowest BCUT2D eigenvalue weighted by Gasteiger charge is -2.06. The van der Waals surface area contributed by atoms with Gasteiger partial charge in [-0.05, 0) is 6.07 Å². The summed E-state index contributed by atoms with van der Waals surface area (Å²) in [4.78, 5) is 4.57. The SMILES string of the molecule is Nc1nc2sccn2c1S(=O)(=O)NCCn1cccn1. The van der Waals surface area contributed by atoms with Gasteiger partial charge in [0.05, 0.1) is 6.54 Å². The van der Waals surface area contributed by atoms with Crippen LogP contribution in [0.2, 0.25) is 0 Å². The monoisotopic (exact) mass is 312 g/mol. The number of nitrogen functional groups attached to an aromatic ring is 1. The first-order valence-electron chi connectivity index (χ1n) is 5.76. The second-order valence-corrected chi connectivity index (χ2v) is 6.58. The van der Waals surface area contributed by atoms with E-state index in [1.54, 1.807) is 34.7 Å². The van der Waals surface area contributed by atoms with Gasteiger partial charge in [0.2, 0.25) is 0 Å². The summed E-state index contributed by atoms with van der Waals surface area (Å²) in [5, 5.41) is 5.73. The maximum Gasteiger partial charge on any atom is 0.260 e. The quantitative estimate of drug-likeness (QED) is 0.697. The summed E-state index contributed by atoms with van der Waals surface area (Å²) in [5.74, 6) is 0.00318. The van der Waals surface area contributed by atoms with Gasteiger partial charge in [-0.1, -0.05) is 0 Å². The summed E-state index contributed by atoms with van der Waals surface area (Å²) in [6.07, 6.45) is 5.03. The maximum absolute atomic E-state index is 12.3. The van der Waals surface area contributed by atoms with Crippen molar-refractivity contribution in [2.75, 3.05) is 12.3 Å². The number of thiazole rings is 1. The summed E-state index contributed by atoms with van der Waals surface area (Å²) in [6, 6.07) is 1.78. The number of nitrogens with two attached hydrogens (primary N) is 1. The zero-order chi connectivity index (χ0) is 14.2. The van der Waals surface area contributed by atoms with Crippen LogP contribution in [0.25, 0.3) is 4.96 Å². The Morgan fingerprint density at radius 1 is 1.40 bits per heavy atom. The van der Waals surface area contributed by atoms with Crippen LogP contribution in [0, 0.1) is 0 Å². The Labute approximate surface area is 118 Å². The van der Waals surface area contributed by atoms with Gasteiger partial charge in [0.15, 0.2) is 15.8 Å². The van der Waals surface area contributed by atoms with Crippen LogP contribution >= 0.6 is 11.3 Å². The van der Waals surface area contributed by atoms with Gasteiger partial charge in [0, 0.05) is 30.5 Å². The van der Waals surface area contributed by atoms with E-state index in [0.29, 0.717) is 11.5 Å². The molecule has 0 radical (unpaired) electrons. The van der Waals surface area contributed by atoms with E-state index in [9.17, 15) is 8.42 Å². The average molecular weight is 312 g/mol. The highest BCUT2D eigenvalue weighted by Crippen LogP contribution is 2.22. The molecular weight excluding hydrogens is 300 g/mol. The van der Waals surface area contributed by atoms with Crippen LogP contribution in [0.15, 0.2) is 35.1 Å². The molecule has 0 atom stereocenters. The highest BCUT2D eigenvalue weighted by molar-refractivity contribution is 7.89. The van der Waals surface area contributed by atoms with Gasteiger partial charge in [0.1, 0.15) is 0 Å². The number of sulfonamides is 1. The third-order valence-corrected chi connectivity index (χ3v) is 4.95. The molecule has 0 bridgehead atoms. The minimum absolute atomic E-state index is 0.00318. The Kier molecular flexibility index (Phi) is 3.20. The molecule has 3 N–H and O–H groups in total. The van der Waals surface area contributed by atoms with E-state index in [0.717, 1.165) is 0 Å². The van der Waals surface area contributed by atoms with E-state index in [4.69, 9.17) is 5.73 Å². The van der Waals surface area contributed by atoms with Crippen LogP contribution in [-0.2, 0) is 16.6 Å². The van der Waals surface area contributed by atoms with Crippen LogP contribution in [0.1, 0.15) is 0 Å². The van der Waals surface area contributed by atoms with Crippen molar-refractivity contribution in [1.29, 1.82) is 0 Å². The molecule has 0 unspecified atom stereocenters. The van der Waals surface area contributed by atoms with Gasteiger partial charge < -0.3 is 5.73 Å². The van der Waals surface area contributed by atoms with E-state index >= 15 is 0 Å². The third kappa shape index (κ3) is 2.28. The van der Waals surface area contributed by atoms with E-state index in [1.165, 1.54) is 15.7 Å². The number of rotatable bonds is 5. The molecule has 0 aliphatic rings. The first-order valence-corrected chi connectivity index (χ1v) is 8.12. The fourth-order valence-electron chi connectivity index (χ4n) is 1.84. The molecule has 10 heteroatoms. The number of imidazole rings is 1.